The van der Waals surface area contributed by atoms with Crippen molar-refractivity contribution < 1.29 is 0 Å². The molecular weight excluding hydrogens is 234 g/mol. The SMILES string of the molecule is CC(C)C(CN)c1cncn1C1CCC(C)(C)CC1. The highest BCUT2D eigenvalue weighted by molar-refractivity contribution is 5.10. The second kappa shape index (κ2) is 5.66. The van der Waals surface area contributed by atoms with Crippen molar-refractivity contribution in [1.82, 2.24) is 9.55 Å². The summed E-state index contributed by atoms with van der Waals surface area (Å²) in [5.74, 6) is 0.998. The monoisotopic (exact) mass is 263 g/mol. The molecule has 0 saturated heterocycles. The molecule has 108 valence electrons. The van der Waals surface area contributed by atoms with E-state index in [1.165, 1.54) is 31.4 Å². The fourth-order valence-corrected chi connectivity index (χ4v) is 3.30. The van der Waals surface area contributed by atoms with Crippen LogP contribution in [0, 0.1) is 11.3 Å². The van der Waals surface area contributed by atoms with Crippen molar-refractivity contribution in [2.24, 2.45) is 17.1 Å². The van der Waals surface area contributed by atoms with Crippen LogP contribution in [0.5, 0.6) is 0 Å². The van der Waals surface area contributed by atoms with Crippen molar-refractivity contribution in [1.29, 1.82) is 0 Å². The second-order valence-electron chi connectivity index (χ2n) is 7.21. The molecule has 0 amide bonds. The van der Waals surface area contributed by atoms with Gasteiger partial charge in [0.2, 0.25) is 0 Å². The van der Waals surface area contributed by atoms with Gasteiger partial charge in [0, 0.05) is 30.4 Å². The molecule has 1 saturated carbocycles. The first-order valence-corrected chi connectivity index (χ1v) is 7.66. The zero-order chi connectivity index (χ0) is 14.0. The van der Waals surface area contributed by atoms with Gasteiger partial charge in [0.05, 0.1) is 6.33 Å². The van der Waals surface area contributed by atoms with Gasteiger partial charge in [-0.1, -0.05) is 27.7 Å². The summed E-state index contributed by atoms with van der Waals surface area (Å²) in [7, 11) is 0. The summed E-state index contributed by atoms with van der Waals surface area (Å²) >= 11 is 0. The number of aromatic nitrogens is 2. The van der Waals surface area contributed by atoms with Crippen LogP contribution in [0.2, 0.25) is 0 Å². The van der Waals surface area contributed by atoms with E-state index in [0.29, 0.717) is 29.8 Å². The maximum atomic E-state index is 5.97. The molecule has 2 rings (SSSR count). The normalized spacial score (nSPS) is 21.8. The van der Waals surface area contributed by atoms with Gasteiger partial charge in [-0.05, 0) is 37.0 Å². The molecular formula is C16H29N3. The third-order valence-corrected chi connectivity index (χ3v) is 4.84. The van der Waals surface area contributed by atoms with Crippen LogP contribution in [0.4, 0.5) is 0 Å². The number of nitrogens with zero attached hydrogens (tertiary/aromatic N) is 2. The average Bonchev–Trinajstić information content (AvgIpc) is 2.78. The number of imidazole rings is 1. The Morgan fingerprint density at radius 1 is 1.37 bits per heavy atom. The maximum Gasteiger partial charge on any atom is 0.0950 e. The van der Waals surface area contributed by atoms with Crippen LogP contribution in [0.15, 0.2) is 12.5 Å². The first-order valence-electron chi connectivity index (χ1n) is 7.66. The van der Waals surface area contributed by atoms with Crippen molar-refractivity contribution in [3.63, 3.8) is 0 Å². The van der Waals surface area contributed by atoms with E-state index in [1.807, 2.05) is 12.5 Å². The highest BCUT2D eigenvalue weighted by Gasteiger charge is 2.29. The summed E-state index contributed by atoms with van der Waals surface area (Å²) in [6.07, 6.45) is 9.20. The van der Waals surface area contributed by atoms with Gasteiger partial charge in [-0.3, -0.25) is 0 Å². The highest BCUT2D eigenvalue weighted by atomic mass is 15.1. The lowest BCUT2D eigenvalue weighted by atomic mass is 9.75. The Kier molecular flexibility index (Phi) is 4.34. The molecule has 0 radical (unpaired) electrons. The maximum absolute atomic E-state index is 5.97. The van der Waals surface area contributed by atoms with E-state index in [-0.39, 0.29) is 0 Å². The third kappa shape index (κ3) is 3.19. The van der Waals surface area contributed by atoms with Gasteiger partial charge in [0.15, 0.2) is 0 Å². The smallest absolute Gasteiger partial charge is 0.0950 e. The molecule has 1 unspecified atom stereocenters. The Morgan fingerprint density at radius 3 is 2.53 bits per heavy atom. The predicted octanol–water partition coefficient (Wildman–Crippen LogP) is 3.72. The molecule has 0 bridgehead atoms. The molecule has 3 nitrogen and oxygen atoms in total. The van der Waals surface area contributed by atoms with Gasteiger partial charge in [0.1, 0.15) is 0 Å². The Labute approximate surface area is 117 Å². The van der Waals surface area contributed by atoms with E-state index in [2.05, 4.69) is 37.2 Å². The molecule has 19 heavy (non-hydrogen) atoms. The van der Waals surface area contributed by atoms with Crippen LogP contribution in [-0.2, 0) is 0 Å². The summed E-state index contributed by atoms with van der Waals surface area (Å²) in [6.45, 7) is 9.98. The standard InChI is InChI=1S/C16H29N3/c1-12(2)14(9-17)15-10-18-11-19(15)13-5-7-16(3,4)8-6-13/h10-14H,5-9,17H2,1-4H3. The largest absolute Gasteiger partial charge is 0.331 e. The molecule has 1 aliphatic carbocycles. The topological polar surface area (TPSA) is 43.8 Å². The lowest BCUT2D eigenvalue weighted by Crippen LogP contribution is -2.27. The van der Waals surface area contributed by atoms with Crippen molar-refractivity contribution in [2.45, 2.75) is 65.3 Å². The van der Waals surface area contributed by atoms with Crippen LogP contribution < -0.4 is 5.73 Å². The van der Waals surface area contributed by atoms with Crippen LogP contribution in [0.3, 0.4) is 0 Å². The molecule has 0 spiro atoms. The van der Waals surface area contributed by atoms with Gasteiger partial charge >= 0.3 is 0 Å². The molecule has 1 aromatic rings. The summed E-state index contributed by atoms with van der Waals surface area (Å²) in [5, 5.41) is 0. The number of hydrogen-bond donors (Lipinski definition) is 1. The highest BCUT2D eigenvalue weighted by Crippen LogP contribution is 2.41. The second-order valence-corrected chi connectivity index (χ2v) is 7.21. The van der Waals surface area contributed by atoms with Crippen LogP contribution in [0.25, 0.3) is 0 Å². The van der Waals surface area contributed by atoms with Crippen LogP contribution >= 0.6 is 0 Å². The van der Waals surface area contributed by atoms with E-state index in [4.69, 9.17) is 5.73 Å². The van der Waals surface area contributed by atoms with E-state index >= 15 is 0 Å². The zero-order valence-corrected chi connectivity index (χ0v) is 12.9. The van der Waals surface area contributed by atoms with E-state index in [9.17, 15) is 0 Å². The predicted molar refractivity (Wildman–Crippen MR) is 80.1 cm³/mol. The quantitative estimate of drug-likeness (QED) is 0.899. The average molecular weight is 263 g/mol. The number of rotatable bonds is 4. The van der Waals surface area contributed by atoms with Crippen LogP contribution in [0.1, 0.15) is 71.0 Å². The lowest BCUT2D eigenvalue weighted by molar-refractivity contribution is 0.190. The first-order chi connectivity index (χ1) is 8.94. The van der Waals surface area contributed by atoms with Gasteiger partial charge in [-0.25, -0.2) is 4.98 Å². The van der Waals surface area contributed by atoms with Gasteiger partial charge < -0.3 is 10.3 Å². The van der Waals surface area contributed by atoms with Crippen molar-refractivity contribution >= 4 is 0 Å². The summed E-state index contributed by atoms with van der Waals surface area (Å²) in [6, 6.07) is 0.623. The molecule has 3 heteroatoms. The van der Waals surface area contributed by atoms with Crippen molar-refractivity contribution in [3.05, 3.63) is 18.2 Å². The Hall–Kier alpha value is -0.830. The Balaban J connectivity index is 2.16. The molecule has 0 aromatic carbocycles. The number of hydrogen-bond acceptors (Lipinski definition) is 2. The molecule has 1 heterocycles. The van der Waals surface area contributed by atoms with Crippen LogP contribution in [-0.4, -0.2) is 16.1 Å². The summed E-state index contributed by atoms with van der Waals surface area (Å²) in [4.78, 5) is 4.39. The Bertz CT molecular complexity index is 396. The fraction of sp³-hybridized carbons (Fsp3) is 0.812. The molecule has 1 atom stereocenters. The molecule has 1 fully saturated rings. The third-order valence-electron chi connectivity index (χ3n) is 4.84. The fourth-order valence-electron chi connectivity index (χ4n) is 3.30. The molecule has 1 aromatic heterocycles. The Morgan fingerprint density at radius 2 is 2.00 bits per heavy atom. The van der Waals surface area contributed by atoms with Crippen molar-refractivity contribution in [2.75, 3.05) is 6.54 Å². The first kappa shape index (κ1) is 14.6. The zero-order valence-electron chi connectivity index (χ0n) is 12.9. The van der Waals surface area contributed by atoms with E-state index in [1.54, 1.807) is 0 Å². The molecule has 0 aliphatic heterocycles. The van der Waals surface area contributed by atoms with Crippen molar-refractivity contribution in [3.8, 4) is 0 Å². The minimum atomic E-state index is 0.428. The lowest BCUT2D eigenvalue weighted by Gasteiger charge is -2.36. The van der Waals surface area contributed by atoms with Gasteiger partial charge in [-0.2, -0.15) is 0 Å². The van der Waals surface area contributed by atoms with Gasteiger partial charge in [0.25, 0.3) is 0 Å². The minimum Gasteiger partial charge on any atom is -0.331 e. The van der Waals surface area contributed by atoms with E-state index < -0.39 is 0 Å². The summed E-state index contributed by atoms with van der Waals surface area (Å²) < 4.78 is 2.41. The minimum absolute atomic E-state index is 0.428. The van der Waals surface area contributed by atoms with Gasteiger partial charge in [-0.15, -0.1) is 0 Å². The number of nitrogens with two attached hydrogens (primary N) is 1. The van der Waals surface area contributed by atoms with E-state index in [0.717, 1.165) is 0 Å². The molecule has 2 N–H and O–H groups in total. The summed E-state index contributed by atoms with van der Waals surface area (Å²) in [5.41, 5.74) is 7.82. The molecule has 1 aliphatic rings.